The van der Waals surface area contributed by atoms with Crippen molar-refractivity contribution in [3.05, 3.63) is 60.0 Å². The molecule has 0 radical (unpaired) electrons. The van der Waals surface area contributed by atoms with E-state index in [-0.39, 0.29) is 17.8 Å². The second-order valence-corrected chi connectivity index (χ2v) is 15.5. The molecule has 0 spiro atoms. The van der Waals surface area contributed by atoms with Gasteiger partial charge in [0.1, 0.15) is 11.7 Å². The first-order valence-corrected chi connectivity index (χ1v) is 15.6. The van der Waals surface area contributed by atoms with E-state index >= 15 is 0 Å². The minimum Gasteiger partial charge on any atom is -0.398 e. The van der Waals surface area contributed by atoms with E-state index in [1.807, 2.05) is 18.3 Å². The lowest BCUT2D eigenvalue weighted by Gasteiger charge is -2.14. The van der Waals surface area contributed by atoms with Gasteiger partial charge < -0.3 is 26.7 Å². The second-order valence-electron chi connectivity index (χ2n) is 10.4. The molecule has 35 heavy (non-hydrogen) atoms. The van der Waals surface area contributed by atoms with Gasteiger partial charge in [0.2, 0.25) is 5.91 Å². The number of nitrogen functional groups attached to an aromatic ring is 1. The molecule has 0 unspecified atom stereocenters. The van der Waals surface area contributed by atoms with Crippen molar-refractivity contribution in [1.82, 2.24) is 25.9 Å². The van der Waals surface area contributed by atoms with Gasteiger partial charge in [-0.3, -0.25) is 10.2 Å². The van der Waals surface area contributed by atoms with Crippen molar-refractivity contribution in [2.45, 2.75) is 44.1 Å². The minimum atomic E-state index is -1.16. The Hall–Kier alpha value is -3.27. The summed E-state index contributed by atoms with van der Waals surface area (Å²) in [5, 5.41) is 17.9. The minimum absolute atomic E-state index is 0.0245. The molecule has 2 fully saturated rings. The van der Waals surface area contributed by atoms with Crippen LogP contribution in [-0.4, -0.2) is 48.5 Å². The maximum absolute atomic E-state index is 12.4. The van der Waals surface area contributed by atoms with E-state index in [9.17, 15) is 4.79 Å². The third-order valence-electron chi connectivity index (χ3n) is 6.99. The standard InChI is InChI=1S/C26H33N7OSi/c1-35(2)14-23(31-15-35)25-30-13-22(32-25)17-7-5-16(6-8-17)18-9-10-20(27)19(12-18)24(28)33-26(34)21-4-3-11-29-21/h5-10,12-13,21,23,29,31H,3-4,11,14-15,27H2,1-2H3,(H,30,32)(H2,28,33,34)/t21-,23-/m0/s1. The smallest absolute Gasteiger partial charge is 0.242 e. The van der Waals surface area contributed by atoms with Crippen molar-refractivity contribution in [3.8, 4) is 22.4 Å². The molecule has 9 heteroatoms. The van der Waals surface area contributed by atoms with E-state index in [0.29, 0.717) is 17.3 Å². The average Bonchev–Trinajstić information content (AvgIpc) is 3.60. The zero-order chi connectivity index (χ0) is 24.6. The van der Waals surface area contributed by atoms with Crippen molar-refractivity contribution >= 4 is 25.5 Å². The van der Waals surface area contributed by atoms with Crippen LogP contribution in [-0.2, 0) is 4.79 Å². The number of carbonyl (C=O) groups is 1. The fraction of sp³-hybridized carbons (Fsp3) is 0.346. The van der Waals surface area contributed by atoms with E-state index < -0.39 is 8.07 Å². The molecule has 2 atom stereocenters. The molecule has 2 saturated heterocycles. The van der Waals surface area contributed by atoms with Gasteiger partial charge in [-0.05, 0) is 60.4 Å². The number of benzene rings is 2. The molecule has 0 saturated carbocycles. The SMILES string of the molecule is C[Si]1(C)CN[C@H](c2ncc(-c3ccc(-c4ccc(N)c(C(=N)NC(=O)[C@@H]5CCCN5)c4)cc3)[nH]2)C1. The molecule has 2 aliphatic heterocycles. The van der Waals surface area contributed by atoms with Gasteiger partial charge in [0.05, 0.1) is 32.0 Å². The molecule has 1 aromatic heterocycles. The number of amidine groups is 1. The highest BCUT2D eigenvalue weighted by Gasteiger charge is 2.34. The number of hydrogen-bond acceptors (Lipinski definition) is 6. The zero-order valence-corrected chi connectivity index (χ0v) is 21.2. The number of H-pyrrole nitrogens is 1. The summed E-state index contributed by atoms with van der Waals surface area (Å²) in [5.74, 6) is 0.856. The number of aromatic amines is 1. The quantitative estimate of drug-likeness (QED) is 0.142. The zero-order valence-electron chi connectivity index (χ0n) is 20.2. The summed E-state index contributed by atoms with van der Waals surface area (Å²) in [5.41, 5.74) is 11.2. The van der Waals surface area contributed by atoms with Gasteiger partial charge in [0, 0.05) is 11.3 Å². The summed E-state index contributed by atoms with van der Waals surface area (Å²) >= 11 is 0. The Balaban J connectivity index is 1.30. The molecule has 3 aromatic rings. The monoisotopic (exact) mass is 487 g/mol. The van der Waals surface area contributed by atoms with Crippen LogP contribution in [0.5, 0.6) is 0 Å². The summed E-state index contributed by atoms with van der Waals surface area (Å²) in [6.07, 6.45) is 4.79. The maximum Gasteiger partial charge on any atom is 0.242 e. The van der Waals surface area contributed by atoms with Crippen LogP contribution in [0.3, 0.4) is 0 Å². The van der Waals surface area contributed by atoms with E-state index in [0.717, 1.165) is 53.8 Å². The van der Waals surface area contributed by atoms with Crippen LogP contribution in [0.4, 0.5) is 5.69 Å². The molecule has 3 heterocycles. The fourth-order valence-corrected chi connectivity index (χ4v) is 7.32. The van der Waals surface area contributed by atoms with Gasteiger partial charge in [0.15, 0.2) is 0 Å². The summed E-state index contributed by atoms with van der Waals surface area (Å²) in [4.78, 5) is 20.6. The lowest BCUT2D eigenvalue weighted by atomic mass is 9.99. The average molecular weight is 488 g/mol. The number of nitrogens with zero attached hydrogens (tertiary/aromatic N) is 1. The molecule has 0 bridgehead atoms. The van der Waals surface area contributed by atoms with Crippen molar-refractivity contribution in [3.63, 3.8) is 0 Å². The van der Waals surface area contributed by atoms with Crippen LogP contribution in [0.15, 0.2) is 48.7 Å². The Kier molecular flexibility index (Phi) is 6.31. The number of amides is 1. The van der Waals surface area contributed by atoms with Crippen LogP contribution >= 0.6 is 0 Å². The van der Waals surface area contributed by atoms with Crippen molar-refractivity contribution in [2.75, 3.05) is 18.4 Å². The highest BCUT2D eigenvalue weighted by molar-refractivity contribution is 6.78. The molecule has 2 aliphatic rings. The Morgan fingerprint density at radius 2 is 1.86 bits per heavy atom. The van der Waals surface area contributed by atoms with Crippen molar-refractivity contribution in [2.24, 2.45) is 0 Å². The third-order valence-corrected chi connectivity index (χ3v) is 9.66. The first-order valence-electron chi connectivity index (χ1n) is 12.2. The second kappa shape index (κ2) is 9.41. The van der Waals surface area contributed by atoms with Gasteiger partial charge in [-0.1, -0.05) is 43.4 Å². The summed E-state index contributed by atoms with van der Waals surface area (Å²) in [6, 6.07) is 15.1. The van der Waals surface area contributed by atoms with Gasteiger partial charge in [-0.15, -0.1) is 0 Å². The van der Waals surface area contributed by atoms with Gasteiger partial charge in [-0.25, -0.2) is 4.98 Å². The Morgan fingerprint density at radius 3 is 2.54 bits per heavy atom. The molecular weight excluding hydrogens is 454 g/mol. The lowest BCUT2D eigenvalue weighted by molar-refractivity contribution is -0.121. The van der Waals surface area contributed by atoms with Crippen molar-refractivity contribution < 1.29 is 4.79 Å². The molecule has 5 rings (SSSR count). The topological polar surface area (TPSA) is 132 Å². The molecule has 1 amide bonds. The molecule has 2 aromatic carbocycles. The van der Waals surface area contributed by atoms with Gasteiger partial charge >= 0.3 is 0 Å². The molecule has 0 aliphatic carbocycles. The largest absolute Gasteiger partial charge is 0.398 e. The van der Waals surface area contributed by atoms with Crippen LogP contribution in [0.2, 0.25) is 19.1 Å². The lowest BCUT2D eigenvalue weighted by Crippen LogP contribution is -2.43. The first kappa shape index (κ1) is 23.5. The molecule has 8 nitrogen and oxygen atoms in total. The van der Waals surface area contributed by atoms with E-state index in [2.05, 4.69) is 63.3 Å². The fourth-order valence-electron chi connectivity index (χ4n) is 4.93. The number of carbonyl (C=O) groups excluding carboxylic acids is 1. The normalized spacial score (nSPS) is 21.2. The van der Waals surface area contributed by atoms with Gasteiger partial charge in [0.25, 0.3) is 0 Å². The Morgan fingerprint density at radius 1 is 1.11 bits per heavy atom. The number of anilines is 1. The summed E-state index contributed by atoms with van der Waals surface area (Å²) in [7, 11) is -1.16. The maximum atomic E-state index is 12.4. The highest BCUT2D eigenvalue weighted by Crippen LogP contribution is 2.31. The van der Waals surface area contributed by atoms with E-state index in [4.69, 9.17) is 11.1 Å². The summed E-state index contributed by atoms with van der Waals surface area (Å²) < 4.78 is 0. The third kappa shape index (κ3) is 5.07. The van der Waals surface area contributed by atoms with E-state index in [1.54, 1.807) is 6.07 Å². The molecular formula is C26H33N7OSi. The van der Waals surface area contributed by atoms with Gasteiger partial charge in [-0.2, -0.15) is 0 Å². The highest BCUT2D eigenvalue weighted by atomic mass is 28.3. The molecule has 182 valence electrons. The van der Waals surface area contributed by atoms with Crippen LogP contribution in [0.1, 0.15) is 30.3 Å². The predicted octanol–water partition coefficient (Wildman–Crippen LogP) is 3.41. The number of imidazole rings is 1. The van der Waals surface area contributed by atoms with Crippen molar-refractivity contribution in [1.29, 1.82) is 5.41 Å². The van der Waals surface area contributed by atoms with E-state index in [1.165, 1.54) is 6.04 Å². The number of nitrogens with one attached hydrogen (secondary N) is 5. The Labute approximate surface area is 206 Å². The molecule has 7 N–H and O–H groups in total. The number of aromatic nitrogens is 2. The van der Waals surface area contributed by atoms with Crippen LogP contribution in [0, 0.1) is 5.41 Å². The van der Waals surface area contributed by atoms with Crippen LogP contribution in [0.25, 0.3) is 22.4 Å². The number of rotatable bonds is 5. The number of hydrogen-bond donors (Lipinski definition) is 6. The first-order chi connectivity index (χ1) is 16.8. The Bertz CT molecular complexity index is 1240. The predicted molar refractivity (Wildman–Crippen MR) is 143 cm³/mol. The summed E-state index contributed by atoms with van der Waals surface area (Å²) in [6.45, 7) is 5.65. The number of nitrogens with two attached hydrogens (primary N) is 1. The van der Waals surface area contributed by atoms with Crippen LogP contribution < -0.4 is 21.7 Å².